The number of aliphatic hydroxyl groups excluding tert-OH is 1. The van der Waals surface area contributed by atoms with Crippen molar-refractivity contribution in [2.24, 2.45) is 4.99 Å². The van der Waals surface area contributed by atoms with Crippen molar-refractivity contribution in [3.63, 3.8) is 0 Å². The highest BCUT2D eigenvalue weighted by molar-refractivity contribution is 8.16. The van der Waals surface area contributed by atoms with Gasteiger partial charge in [-0.2, -0.15) is 0 Å². The van der Waals surface area contributed by atoms with Crippen LogP contribution >= 0.6 is 11.8 Å². The van der Waals surface area contributed by atoms with Crippen LogP contribution in [-0.2, 0) is 4.79 Å². The third-order valence-electron chi connectivity index (χ3n) is 3.18. The van der Waals surface area contributed by atoms with Gasteiger partial charge in [-0.15, -0.1) is 0 Å². The molecule has 1 atom stereocenters. The zero-order valence-electron chi connectivity index (χ0n) is 10.7. The summed E-state index contributed by atoms with van der Waals surface area (Å²) in [4.78, 5) is 20.4. The Balaban J connectivity index is 2.22. The van der Waals surface area contributed by atoms with Crippen molar-refractivity contribution in [1.29, 1.82) is 0 Å². The molecule has 96 valence electrons. The number of amides is 1. The third-order valence-corrected chi connectivity index (χ3v) is 4.47. The van der Waals surface area contributed by atoms with Crippen LogP contribution in [0.1, 0.15) is 27.7 Å². The average Bonchev–Trinajstić information content (AvgIpc) is 2.51. The number of aliphatic hydroxyl groups is 1. The summed E-state index contributed by atoms with van der Waals surface area (Å²) < 4.78 is -0.757. The van der Waals surface area contributed by atoms with Crippen LogP contribution in [0.3, 0.4) is 0 Å². The van der Waals surface area contributed by atoms with Crippen molar-refractivity contribution in [3.8, 4) is 0 Å². The van der Waals surface area contributed by atoms with Crippen LogP contribution in [0.15, 0.2) is 4.99 Å². The number of amidine groups is 1. The van der Waals surface area contributed by atoms with Gasteiger partial charge in [0, 0.05) is 5.54 Å². The Kier molecular flexibility index (Phi) is 3.00. The standard InChI is InChI=1S/C11H19N3O2S/c1-10(2,3)13-6-12-9-14(7-13)8(16)11(4,5-15)17-9/h15H,5-7H2,1-4H3/t11-/m1/s1. The van der Waals surface area contributed by atoms with Gasteiger partial charge in [-0.3, -0.25) is 14.6 Å². The van der Waals surface area contributed by atoms with Gasteiger partial charge in [0.15, 0.2) is 5.17 Å². The molecule has 1 saturated heterocycles. The molecule has 1 amide bonds. The van der Waals surface area contributed by atoms with Gasteiger partial charge >= 0.3 is 0 Å². The first kappa shape index (κ1) is 12.9. The molecule has 1 N–H and O–H groups in total. The lowest BCUT2D eigenvalue weighted by molar-refractivity contribution is -0.132. The number of rotatable bonds is 1. The topological polar surface area (TPSA) is 56.1 Å². The van der Waals surface area contributed by atoms with E-state index in [1.807, 2.05) is 0 Å². The Bertz CT molecular complexity index is 377. The molecule has 2 rings (SSSR count). The molecular formula is C11H19N3O2S. The summed E-state index contributed by atoms with van der Waals surface area (Å²) >= 11 is 1.37. The van der Waals surface area contributed by atoms with Gasteiger partial charge in [0.05, 0.1) is 19.9 Å². The molecular weight excluding hydrogens is 238 g/mol. The first-order valence-corrected chi connectivity index (χ1v) is 6.51. The van der Waals surface area contributed by atoms with Gasteiger partial charge in [0.2, 0.25) is 5.91 Å². The molecule has 0 saturated carbocycles. The predicted octanol–water partition coefficient (Wildman–Crippen LogP) is 0.698. The van der Waals surface area contributed by atoms with Crippen LogP contribution in [-0.4, -0.2) is 56.2 Å². The lowest BCUT2D eigenvalue weighted by Gasteiger charge is -2.39. The summed E-state index contributed by atoms with van der Waals surface area (Å²) in [6.45, 7) is 9.09. The number of carbonyl (C=O) groups excluding carboxylic acids is 1. The van der Waals surface area contributed by atoms with E-state index >= 15 is 0 Å². The average molecular weight is 257 g/mol. The lowest BCUT2D eigenvalue weighted by Crippen LogP contribution is -2.53. The smallest absolute Gasteiger partial charge is 0.248 e. The number of thioether (sulfide) groups is 1. The molecule has 2 aliphatic rings. The largest absolute Gasteiger partial charge is 0.394 e. The highest BCUT2D eigenvalue weighted by Crippen LogP contribution is 2.38. The van der Waals surface area contributed by atoms with Gasteiger partial charge in [-0.05, 0) is 27.7 Å². The summed E-state index contributed by atoms with van der Waals surface area (Å²) in [6.07, 6.45) is 0. The normalized spacial score (nSPS) is 30.5. The zero-order chi connectivity index (χ0) is 12.8. The van der Waals surface area contributed by atoms with Crippen molar-refractivity contribution < 1.29 is 9.90 Å². The van der Waals surface area contributed by atoms with Crippen molar-refractivity contribution in [1.82, 2.24) is 9.80 Å². The molecule has 0 aromatic heterocycles. The van der Waals surface area contributed by atoms with Crippen molar-refractivity contribution in [2.75, 3.05) is 19.9 Å². The molecule has 2 aliphatic heterocycles. The number of hydrogen-bond acceptors (Lipinski definition) is 5. The van der Waals surface area contributed by atoms with Gasteiger partial charge in [0.25, 0.3) is 0 Å². The van der Waals surface area contributed by atoms with Crippen LogP contribution in [0, 0.1) is 0 Å². The minimum atomic E-state index is -0.757. The van der Waals surface area contributed by atoms with Crippen molar-refractivity contribution >= 4 is 22.8 Å². The molecule has 5 nitrogen and oxygen atoms in total. The molecule has 0 aromatic rings. The van der Waals surface area contributed by atoms with E-state index in [2.05, 4.69) is 30.7 Å². The van der Waals surface area contributed by atoms with E-state index in [0.29, 0.717) is 13.3 Å². The lowest BCUT2D eigenvalue weighted by atomic mass is 10.1. The second-order valence-electron chi connectivity index (χ2n) is 5.66. The molecule has 0 spiro atoms. The predicted molar refractivity (Wildman–Crippen MR) is 68.7 cm³/mol. The minimum Gasteiger partial charge on any atom is -0.394 e. The van der Waals surface area contributed by atoms with Crippen LogP contribution in [0.2, 0.25) is 0 Å². The monoisotopic (exact) mass is 257 g/mol. The van der Waals surface area contributed by atoms with Gasteiger partial charge in [-0.1, -0.05) is 11.8 Å². The SMILES string of the molecule is CC(C)(C)N1CN=C2S[C@](C)(CO)C(=O)N2C1. The zero-order valence-corrected chi connectivity index (χ0v) is 11.5. The summed E-state index contributed by atoms with van der Waals surface area (Å²) in [7, 11) is 0. The summed E-state index contributed by atoms with van der Waals surface area (Å²) in [5.41, 5.74) is -0.0157. The second-order valence-corrected chi connectivity index (χ2v) is 7.13. The van der Waals surface area contributed by atoms with Gasteiger partial charge < -0.3 is 5.11 Å². The Hall–Kier alpha value is -0.590. The van der Waals surface area contributed by atoms with E-state index in [-0.39, 0.29) is 18.1 Å². The van der Waals surface area contributed by atoms with Crippen LogP contribution in [0.25, 0.3) is 0 Å². The maximum absolute atomic E-state index is 12.2. The summed E-state index contributed by atoms with van der Waals surface area (Å²) in [5.74, 6) is -0.0438. The Labute approximate surface area is 106 Å². The van der Waals surface area contributed by atoms with E-state index in [9.17, 15) is 9.90 Å². The number of nitrogens with zero attached hydrogens (tertiary/aromatic N) is 3. The molecule has 1 fully saturated rings. The van der Waals surface area contributed by atoms with Crippen LogP contribution in [0.4, 0.5) is 0 Å². The number of aliphatic imine (C=N–C) groups is 1. The van der Waals surface area contributed by atoms with E-state index in [1.165, 1.54) is 11.8 Å². The van der Waals surface area contributed by atoms with E-state index in [1.54, 1.807) is 11.8 Å². The number of fused-ring (bicyclic) bond motifs is 1. The maximum Gasteiger partial charge on any atom is 0.248 e. The first-order chi connectivity index (χ1) is 7.78. The van der Waals surface area contributed by atoms with E-state index in [4.69, 9.17) is 0 Å². The van der Waals surface area contributed by atoms with Gasteiger partial charge in [-0.25, -0.2) is 4.99 Å². The fourth-order valence-corrected chi connectivity index (χ4v) is 2.84. The fourth-order valence-electron chi connectivity index (χ4n) is 1.80. The maximum atomic E-state index is 12.2. The molecule has 2 heterocycles. The molecule has 0 radical (unpaired) electrons. The highest BCUT2D eigenvalue weighted by atomic mass is 32.2. The highest BCUT2D eigenvalue weighted by Gasteiger charge is 2.49. The molecule has 0 unspecified atom stereocenters. The molecule has 0 aliphatic carbocycles. The van der Waals surface area contributed by atoms with Crippen LogP contribution in [0.5, 0.6) is 0 Å². The number of hydrogen-bond donors (Lipinski definition) is 1. The van der Waals surface area contributed by atoms with Crippen molar-refractivity contribution in [2.45, 2.75) is 38.0 Å². The third kappa shape index (κ3) is 2.09. The quantitative estimate of drug-likeness (QED) is 0.751. The Morgan fingerprint density at radius 3 is 2.71 bits per heavy atom. The fraction of sp³-hybridized carbons (Fsp3) is 0.818. The van der Waals surface area contributed by atoms with Crippen molar-refractivity contribution in [3.05, 3.63) is 0 Å². The Morgan fingerprint density at radius 1 is 1.53 bits per heavy atom. The van der Waals surface area contributed by atoms with Crippen LogP contribution < -0.4 is 0 Å². The summed E-state index contributed by atoms with van der Waals surface area (Å²) in [6, 6.07) is 0. The summed E-state index contributed by atoms with van der Waals surface area (Å²) in [5, 5.41) is 10.1. The molecule has 0 bridgehead atoms. The second kappa shape index (κ2) is 3.96. The Morgan fingerprint density at radius 2 is 2.18 bits per heavy atom. The van der Waals surface area contributed by atoms with Gasteiger partial charge in [0.1, 0.15) is 4.75 Å². The minimum absolute atomic E-state index is 0.0157. The van der Waals surface area contributed by atoms with E-state index in [0.717, 1.165) is 5.17 Å². The van der Waals surface area contributed by atoms with E-state index < -0.39 is 4.75 Å². The molecule has 6 heteroatoms. The first-order valence-electron chi connectivity index (χ1n) is 5.69. The number of carbonyl (C=O) groups is 1. The molecule has 0 aromatic carbocycles. The molecule has 17 heavy (non-hydrogen) atoms.